The highest BCUT2D eigenvalue weighted by atomic mass is 19.2. The van der Waals surface area contributed by atoms with E-state index in [2.05, 4.69) is 4.74 Å². The summed E-state index contributed by atoms with van der Waals surface area (Å²) in [6.07, 6.45) is 0. The number of benzene rings is 1. The van der Waals surface area contributed by atoms with Gasteiger partial charge in [0.25, 0.3) is 0 Å². The molecule has 3 nitrogen and oxygen atoms in total. The van der Waals surface area contributed by atoms with E-state index in [0.29, 0.717) is 6.07 Å². The van der Waals surface area contributed by atoms with Crippen molar-refractivity contribution in [1.82, 2.24) is 0 Å². The van der Waals surface area contributed by atoms with E-state index in [1.165, 1.54) is 0 Å². The fourth-order valence-corrected chi connectivity index (χ4v) is 1.23. The monoisotopic (exact) mass is 262 g/mol. The Labute approximate surface area is 103 Å². The average molecular weight is 262 g/mol. The predicted octanol–water partition coefficient (Wildman–Crippen LogP) is 2.93. The van der Waals surface area contributed by atoms with Crippen LogP contribution in [0.3, 0.4) is 0 Å². The normalized spacial score (nSPS) is 10.6. The van der Waals surface area contributed by atoms with E-state index >= 15 is 0 Å². The van der Waals surface area contributed by atoms with Gasteiger partial charge in [0.05, 0.1) is 13.7 Å². The van der Waals surface area contributed by atoms with Gasteiger partial charge in [0, 0.05) is 0 Å². The summed E-state index contributed by atoms with van der Waals surface area (Å²) in [7, 11) is 0.976. The molecular weight excluding hydrogens is 249 g/mol. The number of hydrogen-bond acceptors (Lipinski definition) is 3. The highest BCUT2D eigenvalue weighted by Gasteiger charge is 2.24. The molecule has 0 unspecified atom stereocenters. The van der Waals surface area contributed by atoms with Gasteiger partial charge in [-0.15, -0.1) is 0 Å². The molecule has 0 amide bonds. The largest absolute Gasteiger partial charge is 0.491 e. The van der Waals surface area contributed by atoms with Gasteiger partial charge in [0.2, 0.25) is 5.82 Å². The molecule has 0 saturated carbocycles. The lowest BCUT2D eigenvalue weighted by molar-refractivity contribution is 0.0451. The van der Waals surface area contributed by atoms with Crippen LogP contribution in [-0.4, -0.2) is 19.7 Å². The Morgan fingerprint density at radius 3 is 2.39 bits per heavy atom. The van der Waals surface area contributed by atoms with E-state index < -0.39 is 34.7 Å². The van der Waals surface area contributed by atoms with Gasteiger partial charge in [-0.05, 0) is 12.0 Å². The lowest BCUT2D eigenvalue weighted by Crippen LogP contribution is -2.13. The molecule has 0 atom stereocenters. The highest BCUT2D eigenvalue weighted by molar-refractivity contribution is 5.90. The lowest BCUT2D eigenvalue weighted by Gasteiger charge is -2.10. The summed E-state index contributed by atoms with van der Waals surface area (Å²) in [4.78, 5) is 11.5. The first-order valence-corrected chi connectivity index (χ1v) is 5.27. The van der Waals surface area contributed by atoms with Crippen molar-refractivity contribution in [3.05, 3.63) is 29.1 Å². The van der Waals surface area contributed by atoms with Crippen molar-refractivity contribution < 1.29 is 27.4 Å². The minimum Gasteiger partial charge on any atom is -0.491 e. The van der Waals surface area contributed by atoms with Crippen LogP contribution in [0.5, 0.6) is 5.75 Å². The molecule has 0 spiro atoms. The van der Waals surface area contributed by atoms with Crippen LogP contribution < -0.4 is 4.74 Å². The number of esters is 1. The van der Waals surface area contributed by atoms with Crippen LogP contribution in [0.2, 0.25) is 0 Å². The van der Waals surface area contributed by atoms with Gasteiger partial charge < -0.3 is 9.47 Å². The van der Waals surface area contributed by atoms with Gasteiger partial charge in [-0.25, -0.2) is 13.6 Å². The minimum absolute atomic E-state index is 0.0456. The van der Waals surface area contributed by atoms with Crippen LogP contribution in [0, 0.1) is 23.4 Å². The standard InChI is InChI=1S/C12H13F3O3/c1-6(2)5-18-12(16)7-4-8(13)10(15)11(17-3)9(7)14/h4,6H,5H2,1-3H3. The maximum atomic E-state index is 13.7. The first-order valence-electron chi connectivity index (χ1n) is 5.27. The SMILES string of the molecule is COc1c(F)c(F)cc(C(=O)OCC(C)C)c1F. The molecule has 0 aliphatic carbocycles. The maximum Gasteiger partial charge on any atom is 0.341 e. The molecule has 1 rings (SSSR count). The van der Waals surface area contributed by atoms with E-state index in [1.807, 2.05) is 0 Å². The second kappa shape index (κ2) is 5.75. The molecule has 18 heavy (non-hydrogen) atoms. The maximum absolute atomic E-state index is 13.7. The lowest BCUT2D eigenvalue weighted by atomic mass is 10.1. The Hall–Kier alpha value is -1.72. The summed E-state index contributed by atoms with van der Waals surface area (Å²) >= 11 is 0. The molecule has 0 N–H and O–H groups in total. The molecule has 0 radical (unpaired) electrons. The number of rotatable bonds is 4. The molecule has 0 aliphatic rings. The molecule has 100 valence electrons. The quantitative estimate of drug-likeness (QED) is 0.618. The van der Waals surface area contributed by atoms with Gasteiger partial charge in [-0.1, -0.05) is 13.8 Å². The van der Waals surface area contributed by atoms with Crippen molar-refractivity contribution in [3.63, 3.8) is 0 Å². The Bertz CT molecular complexity index is 458. The van der Waals surface area contributed by atoms with Crippen molar-refractivity contribution in [2.75, 3.05) is 13.7 Å². The molecule has 0 fully saturated rings. The molecule has 0 bridgehead atoms. The smallest absolute Gasteiger partial charge is 0.341 e. The van der Waals surface area contributed by atoms with E-state index in [9.17, 15) is 18.0 Å². The Balaban J connectivity index is 3.09. The van der Waals surface area contributed by atoms with Crippen molar-refractivity contribution >= 4 is 5.97 Å². The topological polar surface area (TPSA) is 35.5 Å². The first kappa shape index (κ1) is 14.3. The third-order valence-electron chi connectivity index (χ3n) is 2.09. The van der Waals surface area contributed by atoms with Crippen LogP contribution in [0.25, 0.3) is 0 Å². The third-order valence-corrected chi connectivity index (χ3v) is 2.09. The van der Waals surface area contributed by atoms with Gasteiger partial charge in [-0.3, -0.25) is 0 Å². The zero-order valence-corrected chi connectivity index (χ0v) is 10.2. The van der Waals surface area contributed by atoms with Gasteiger partial charge in [0.15, 0.2) is 17.4 Å². The number of ether oxygens (including phenoxy) is 2. The molecular formula is C12H13F3O3. The Morgan fingerprint density at radius 2 is 1.89 bits per heavy atom. The fourth-order valence-electron chi connectivity index (χ4n) is 1.23. The van der Waals surface area contributed by atoms with Crippen molar-refractivity contribution in [3.8, 4) is 5.75 Å². The van der Waals surface area contributed by atoms with Crippen molar-refractivity contribution in [2.45, 2.75) is 13.8 Å². The zero-order valence-electron chi connectivity index (χ0n) is 10.2. The molecule has 0 heterocycles. The molecule has 6 heteroatoms. The van der Waals surface area contributed by atoms with E-state index in [-0.39, 0.29) is 12.5 Å². The molecule has 0 aromatic heterocycles. The van der Waals surface area contributed by atoms with Gasteiger partial charge in [-0.2, -0.15) is 4.39 Å². The van der Waals surface area contributed by atoms with Crippen LogP contribution in [0.1, 0.15) is 24.2 Å². The number of methoxy groups -OCH3 is 1. The Kier molecular flexibility index (Phi) is 4.58. The van der Waals surface area contributed by atoms with Gasteiger partial charge in [0.1, 0.15) is 5.56 Å². The molecule has 0 aliphatic heterocycles. The zero-order chi connectivity index (χ0) is 13.9. The summed E-state index contributed by atoms with van der Waals surface area (Å²) in [5.41, 5.74) is -0.689. The van der Waals surface area contributed by atoms with Crippen LogP contribution in [0.15, 0.2) is 6.07 Å². The second-order valence-electron chi connectivity index (χ2n) is 4.06. The van der Waals surface area contributed by atoms with Crippen molar-refractivity contribution in [1.29, 1.82) is 0 Å². The number of carbonyl (C=O) groups excluding carboxylic acids is 1. The van der Waals surface area contributed by atoms with E-state index in [4.69, 9.17) is 4.74 Å². The van der Waals surface area contributed by atoms with E-state index in [0.717, 1.165) is 7.11 Å². The Morgan fingerprint density at radius 1 is 1.28 bits per heavy atom. The summed E-state index contributed by atoms with van der Waals surface area (Å²) in [5.74, 6) is -6.07. The van der Waals surface area contributed by atoms with Crippen LogP contribution in [0.4, 0.5) is 13.2 Å². The summed E-state index contributed by atoms with van der Waals surface area (Å²) < 4.78 is 49.0. The summed E-state index contributed by atoms with van der Waals surface area (Å²) in [5, 5.41) is 0. The van der Waals surface area contributed by atoms with Crippen molar-refractivity contribution in [2.24, 2.45) is 5.92 Å². The van der Waals surface area contributed by atoms with E-state index in [1.54, 1.807) is 13.8 Å². The summed E-state index contributed by atoms with van der Waals surface area (Å²) in [6, 6.07) is 0.454. The van der Waals surface area contributed by atoms with Crippen LogP contribution in [-0.2, 0) is 4.74 Å². The highest BCUT2D eigenvalue weighted by Crippen LogP contribution is 2.27. The molecule has 1 aromatic rings. The summed E-state index contributed by atoms with van der Waals surface area (Å²) in [6.45, 7) is 3.63. The van der Waals surface area contributed by atoms with Gasteiger partial charge >= 0.3 is 5.97 Å². The minimum atomic E-state index is -1.48. The van der Waals surface area contributed by atoms with Crippen LogP contribution >= 0.6 is 0 Å². The number of halogens is 3. The average Bonchev–Trinajstić information content (AvgIpc) is 2.31. The molecule has 1 aromatic carbocycles. The third kappa shape index (κ3) is 2.94. The molecule has 0 saturated heterocycles. The fraction of sp³-hybridized carbons (Fsp3) is 0.417. The number of carbonyl (C=O) groups is 1. The predicted molar refractivity (Wildman–Crippen MR) is 58.0 cm³/mol. The second-order valence-corrected chi connectivity index (χ2v) is 4.06. The first-order chi connectivity index (χ1) is 8.38. The number of hydrogen-bond donors (Lipinski definition) is 0.